The third-order valence-corrected chi connectivity index (χ3v) is 2.05. The molecule has 23 heavy (non-hydrogen) atoms. The van der Waals surface area contributed by atoms with Gasteiger partial charge in [-0.15, -0.1) is 0 Å². The van der Waals surface area contributed by atoms with Crippen molar-refractivity contribution in [2.45, 2.75) is 52.4 Å². The minimum absolute atomic E-state index is 0. The normalized spacial score (nSPS) is 8.78. The maximum absolute atomic E-state index is 10.6. The smallest absolute Gasteiger partial charge is 0.550 e. The van der Waals surface area contributed by atoms with E-state index in [1.54, 1.807) is 0 Å². The van der Waals surface area contributed by atoms with Gasteiger partial charge in [-0.05, 0) is 12.8 Å². The molecule has 0 spiro atoms. The first-order chi connectivity index (χ1) is 10.3. The maximum atomic E-state index is 10.6. The van der Waals surface area contributed by atoms with Gasteiger partial charge in [-0.25, -0.2) is 0 Å². The van der Waals surface area contributed by atoms with Crippen LogP contribution in [-0.4, -0.2) is 37.1 Å². The van der Waals surface area contributed by atoms with Crippen LogP contribution in [0.3, 0.4) is 0 Å². The fourth-order valence-electron chi connectivity index (χ4n) is 1.05. The molecular formula is C14H22CuO8. The van der Waals surface area contributed by atoms with Gasteiger partial charge in [0.2, 0.25) is 0 Å². The summed E-state index contributed by atoms with van der Waals surface area (Å²) in [6, 6.07) is 0. The Morgan fingerprint density at radius 2 is 1.00 bits per heavy atom. The van der Waals surface area contributed by atoms with E-state index in [0.29, 0.717) is 25.7 Å². The van der Waals surface area contributed by atoms with Gasteiger partial charge in [0.15, 0.2) is 0 Å². The van der Waals surface area contributed by atoms with Crippen LogP contribution in [0.2, 0.25) is 0 Å². The van der Waals surface area contributed by atoms with Crippen molar-refractivity contribution in [1.82, 2.24) is 0 Å². The van der Waals surface area contributed by atoms with Crippen molar-refractivity contribution in [3.8, 4) is 0 Å². The second-order valence-electron chi connectivity index (χ2n) is 4.18. The summed E-state index contributed by atoms with van der Waals surface area (Å²) in [6.45, 7) is 3.53. The molecule has 0 aliphatic rings. The Bertz CT molecular complexity index is 323. The van der Waals surface area contributed by atoms with Gasteiger partial charge in [-0.1, -0.05) is 13.8 Å². The quantitative estimate of drug-likeness (QED) is 0.345. The van der Waals surface area contributed by atoms with Crippen LogP contribution in [0.15, 0.2) is 0 Å². The van der Waals surface area contributed by atoms with Gasteiger partial charge in [0, 0.05) is 37.6 Å². The first-order valence-corrected chi connectivity index (χ1v) is 7.04. The molecule has 1 radical (unpaired) electrons. The second-order valence-corrected chi connectivity index (χ2v) is 4.18. The Balaban J connectivity index is -0.000000333. The number of hydrogen-bond acceptors (Lipinski definition) is 8. The molecule has 0 N–H and O–H groups in total. The Kier molecular flexibility index (Phi) is 21.1. The summed E-state index contributed by atoms with van der Waals surface area (Å²) in [5.41, 5.74) is 0. The minimum atomic E-state index is -1.20. The van der Waals surface area contributed by atoms with Crippen LogP contribution in [-0.2, 0) is 45.7 Å². The number of carboxylic acids is 2. The molecular weight excluding hydrogens is 360 g/mol. The number of ether oxygens (including phenoxy) is 2. The van der Waals surface area contributed by atoms with Crippen LogP contribution < -0.4 is 10.2 Å². The minimum Gasteiger partial charge on any atom is -0.550 e. The molecule has 0 unspecified atom stereocenters. The molecule has 0 saturated carbocycles. The number of carbonyl (C=O) groups excluding carboxylic acids is 4. The van der Waals surface area contributed by atoms with Gasteiger partial charge in [-0.3, -0.25) is 9.59 Å². The SMILES string of the molecule is CCCC(=O)OCCC(=O)[O-].CCCC(=O)OCCC(=O)[O-].[Cu+2]. The fraction of sp³-hybridized carbons (Fsp3) is 0.714. The number of rotatable bonds is 10. The van der Waals surface area contributed by atoms with Crippen LogP contribution in [0.4, 0.5) is 0 Å². The van der Waals surface area contributed by atoms with E-state index in [1.807, 2.05) is 13.8 Å². The molecule has 137 valence electrons. The fourth-order valence-corrected chi connectivity index (χ4v) is 1.05. The zero-order valence-corrected chi connectivity index (χ0v) is 14.2. The Morgan fingerprint density at radius 1 is 0.696 bits per heavy atom. The van der Waals surface area contributed by atoms with Crippen LogP contribution in [0.5, 0.6) is 0 Å². The molecule has 0 saturated heterocycles. The third kappa shape index (κ3) is 25.7. The van der Waals surface area contributed by atoms with E-state index in [0.717, 1.165) is 0 Å². The summed E-state index contributed by atoms with van der Waals surface area (Å²) in [5, 5.41) is 19.7. The maximum Gasteiger partial charge on any atom is 2.00 e. The molecule has 9 heteroatoms. The Morgan fingerprint density at radius 3 is 1.22 bits per heavy atom. The first kappa shape index (κ1) is 26.3. The molecule has 0 aromatic carbocycles. The molecule has 0 atom stereocenters. The van der Waals surface area contributed by atoms with E-state index in [9.17, 15) is 29.4 Å². The average molecular weight is 382 g/mol. The largest absolute Gasteiger partial charge is 2.00 e. The van der Waals surface area contributed by atoms with Crippen molar-refractivity contribution in [3.05, 3.63) is 0 Å². The summed E-state index contributed by atoms with van der Waals surface area (Å²) >= 11 is 0. The van der Waals surface area contributed by atoms with Crippen molar-refractivity contribution < 1.29 is 55.9 Å². The van der Waals surface area contributed by atoms with Gasteiger partial charge >= 0.3 is 29.0 Å². The molecule has 0 aromatic heterocycles. The van der Waals surface area contributed by atoms with Crippen molar-refractivity contribution >= 4 is 23.9 Å². The van der Waals surface area contributed by atoms with E-state index < -0.39 is 11.9 Å². The molecule has 0 heterocycles. The van der Waals surface area contributed by atoms with Gasteiger partial charge in [-0.2, -0.15) is 0 Å². The van der Waals surface area contributed by atoms with Gasteiger partial charge in [0.25, 0.3) is 0 Å². The predicted octanol–water partition coefficient (Wildman–Crippen LogP) is -1.06. The first-order valence-electron chi connectivity index (χ1n) is 7.04. The molecule has 0 amide bonds. The summed E-state index contributed by atoms with van der Waals surface area (Å²) in [4.78, 5) is 40.9. The molecule has 0 rings (SSSR count). The van der Waals surface area contributed by atoms with Crippen LogP contribution in [0, 0.1) is 0 Å². The van der Waals surface area contributed by atoms with Gasteiger partial charge < -0.3 is 29.3 Å². The number of aliphatic carboxylic acids is 2. The summed E-state index contributed by atoms with van der Waals surface area (Å²) in [7, 11) is 0. The topological polar surface area (TPSA) is 133 Å². The van der Waals surface area contributed by atoms with Crippen molar-refractivity contribution in [2.75, 3.05) is 13.2 Å². The van der Waals surface area contributed by atoms with E-state index in [2.05, 4.69) is 9.47 Å². The Hall–Kier alpha value is -1.60. The predicted molar refractivity (Wildman–Crippen MR) is 71.0 cm³/mol. The van der Waals surface area contributed by atoms with Crippen molar-refractivity contribution in [3.63, 3.8) is 0 Å². The van der Waals surface area contributed by atoms with Crippen LogP contribution >= 0.6 is 0 Å². The van der Waals surface area contributed by atoms with Crippen molar-refractivity contribution in [1.29, 1.82) is 0 Å². The van der Waals surface area contributed by atoms with E-state index in [-0.39, 0.29) is 55.1 Å². The van der Waals surface area contributed by atoms with Crippen LogP contribution in [0.25, 0.3) is 0 Å². The number of hydrogen-bond donors (Lipinski definition) is 0. The Labute approximate surface area is 146 Å². The van der Waals surface area contributed by atoms with Gasteiger partial charge in [0.05, 0.1) is 13.2 Å². The molecule has 8 nitrogen and oxygen atoms in total. The standard InChI is InChI=1S/2C7H12O4.Cu/c2*1-2-3-7(10)11-5-4-6(8)9;/h2*2-5H2,1H3,(H,8,9);/q;;+2/p-2. The molecule has 0 bridgehead atoms. The van der Waals surface area contributed by atoms with Crippen molar-refractivity contribution in [2.24, 2.45) is 0 Å². The third-order valence-electron chi connectivity index (χ3n) is 2.05. The zero-order valence-electron chi connectivity index (χ0n) is 13.2. The summed E-state index contributed by atoms with van der Waals surface area (Å²) in [5.74, 6) is -3.11. The van der Waals surface area contributed by atoms with Crippen LogP contribution in [0.1, 0.15) is 52.4 Å². The molecule has 0 aliphatic heterocycles. The summed E-state index contributed by atoms with van der Waals surface area (Å²) < 4.78 is 9.07. The van der Waals surface area contributed by atoms with Gasteiger partial charge in [0.1, 0.15) is 0 Å². The van der Waals surface area contributed by atoms with E-state index >= 15 is 0 Å². The molecule has 0 aliphatic carbocycles. The summed E-state index contributed by atoms with van der Waals surface area (Å²) in [6.07, 6.45) is 1.65. The van der Waals surface area contributed by atoms with E-state index in [1.165, 1.54) is 0 Å². The van der Waals surface area contributed by atoms with E-state index in [4.69, 9.17) is 0 Å². The molecule has 0 fully saturated rings. The number of carbonyl (C=O) groups is 4. The second kappa shape index (κ2) is 18.4. The monoisotopic (exact) mass is 381 g/mol. The number of esters is 2. The zero-order chi connectivity index (χ0) is 17.4. The number of carboxylic acid groups (broad SMARTS) is 2. The molecule has 0 aromatic rings. The average Bonchev–Trinajstić information content (AvgIpc) is 2.39.